The second kappa shape index (κ2) is 9.82. The second-order valence-corrected chi connectivity index (χ2v) is 6.75. The quantitative estimate of drug-likeness (QED) is 0.684. The molecule has 1 aliphatic heterocycles. The predicted octanol–water partition coefficient (Wildman–Crippen LogP) is 2.05. The molecule has 0 aromatic carbocycles. The first-order valence-electron chi connectivity index (χ1n) is 8.77. The van der Waals surface area contributed by atoms with Crippen LogP contribution in [0.1, 0.15) is 65.7 Å². The number of hydrogen-bond acceptors (Lipinski definition) is 3. The van der Waals surface area contributed by atoms with Crippen LogP contribution >= 0.6 is 0 Å². The van der Waals surface area contributed by atoms with Crippen LogP contribution in [0.4, 0.5) is 0 Å². The summed E-state index contributed by atoms with van der Waals surface area (Å²) in [6, 6.07) is 0.155. The maximum atomic E-state index is 12.0. The van der Waals surface area contributed by atoms with Gasteiger partial charge in [0.2, 0.25) is 11.8 Å². The molecule has 1 aliphatic rings. The Morgan fingerprint density at radius 2 is 1.82 bits per heavy atom. The fraction of sp³-hybridized carbons (Fsp3) is 0.882. The van der Waals surface area contributed by atoms with Gasteiger partial charge in [0.1, 0.15) is 0 Å². The minimum atomic E-state index is -0.0635. The van der Waals surface area contributed by atoms with E-state index in [0.29, 0.717) is 6.42 Å². The van der Waals surface area contributed by atoms with E-state index in [1.165, 1.54) is 0 Å². The zero-order valence-electron chi connectivity index (χ0n) is 14.4. The zero-order chi connectivity index (χ0) is 16.5. The Balaban J connectivity index is 2.20. The molecular formula is C17H33N3O2. The van der Waals surface area contributed by atoms with Crippen LogP contribution in [0.5, 0.6) is 0 Å². The Bertz CT molecular complexity index is 352. The Kier molecular flexibility index (Phi) is 8.46. The van der Waals surface area contributed by atoms with Gasteiger partial charge in [-0.1, -0.05) is 20.8 Å². The van der Waals surface area contributed by atoms with E-state index in [9.17, 15) is 9.59 Å². The summed E-state index contributed by atoms with van der Waals surface area (Å²) in [5.74, 6) is 0.333. The van der Waals surface area contributed by atoms with Gasteiger partial charge in [-0.3, -0.25) is 9.59 Å². The van der Waals surface area contributed by atoms with Gasteiger partial charge in [0.15, 0.2) is 0 Å². The highest BCUT2D eigenvalue weighted by atomic mass is 16.2. The van der Waals surface area contributed by atoms with Crippen molar-refractivity contribution < 1.29 is 9.59 Å². The number of carbonyl (C=O) groups excluding carboxylic acids is 2. The summed E-state index contributed by atoms with van der Waals surface area (Å²) in [4.78, 5) is 25.7. The average Bonchev–Trinajstić information content (AvgIpc) is 3.00. The van der Waals surface area contributed by atoms with E-state index in [1.807, 2.05) is 18.7 Å². The summed E-state index contributed by atoms with van der Waals surface area (Å²) in [7, 11) is 0. The van der Waals surface area contributed by atoms with Gasteiger partial charge < -0.3 is 16.0 Å². The standard InChI is InChI=1S/C17H33N3O2/c1-4-15(19-17(22)13(2)3)9-7-8-14(18)12-16(21)20-10-5-6-11-20/h13-15H,4-12,18H2,1-3H3,(H,19,22)/t14?,15-/m0/s1. The molecule has 1 heterocycles. The van der Waals surface area contributed by atoms with E-state index in [2.05, 4.69) is 12.2 Å². The third-order valence-electron chi connectivity index (χ3n) is 4.39. The van der Waals surface area contributed by atoms with Gasteiger partial charge in [0.25, 0.3) is 0 Å². The molecule has 1 fully saturated rings. The van der Waals surface area contributed by atoms with Gasteiger partial charge in [-0.05, 0) is 38.5 Å². The minimum absolute atomic E-state index is 0.0226. The lowest BCUT2D eigenvalue weighted by Gasteiger charge is -2.20. The third kappa shape index (κ3) is 6.77. The highest BCUT2D eigenvalue weighted by molar-refractivity contribution is 5.78. The Hall–Kier alpha value is -1.10. The smallest absolute Gasteiger partial charge is 0.224 e. The Labute approximate surface area is 135 Å². The molecule has 1 rings (SSSR count). The van der Waals surface area contributed by atoms with Crippen molar-refractivity contribution in [1.29, 1.82) is 0 Å². The average molecular weight is 311 g/mol. The summed E-state index contributed by atoms with van der Waals surface area (Å²) in [5.41, 5.74) is 6.08. The molecule has 2 amide bonds. The van der Waals surface area contributed by atoms with Crippen LogP contribution in [0, 0.1) is 5.92 Å². The van der Waals surface area contributed by atoms with Gasteiger partial charge in [-0.25, -0.2) is 0 Å². The molecule has 1 saturated heterocycles. The van der Waals surface area contributed by atoms with Crippen molar-refractivity contribution in [1.82, 2.24) is 10.2 Å². The molecule has 128 valence electrons. The second-order valence-electron chi connectivity index (χ2n) is 6.75. The Morgan fingerprint density at radius 1 is 1.18 bits per heavy atom. The number of likely N-dealkylation sites (tertiary alicyclic amines) is 1. The summed E-state index contributed by atoms with van der Waals surface area (Å²) in [5, 5.41) is 3.07. The normalized spacial score (nSPS) is 17.6. The summed E-state index contributed by atoms with van der Waals surface area (Å²) < 4.78 is 0. The van der Waals surface area contributed by atoms with Crippen molar-refractivity contribution in [2.45, 2.75) is 77.8 Å². The lowest BCUT2D eigenvalue weighted by atomic mass is 10.0. The number of nitrogens with zero attached hydrogens (tertiary/aromatic N) is 1. The van der Waals surface area contributed by atoms with Gasteiger partial charge in [0.05, 0.1) is 0 Å². The molecule has 0 aliphatic carbocycles. The number of carbonyl (C=O) groups is 2. The van der Waals surface area contributed by atoms with Crippen molar-refractivity contribution in [3.05, 3.63) is 0 Å². The first-order valence-corrected chi connectivity index (χ1v) is 8.77. The lowest BCUT2D eigenvalue weighted by molar-refractivity contribution is -0.130. The molecular weight excluding hydrogens is 278 g/mol. The van der Waals surface area contributed by atoms with Gasteiger partial charge in [-0.2, -0.15) is 0 Å². The van der Waals surface area contributed by atoms with E-state index in [0.717, 1.165) is 51.6 Å². The first kappa shape index (κ1) is 18.9. The number of nitrogens with two attached hydrogens (primary N) is 1. The predicted molar refractivity (Wildman–Crippen MR) is 89.3 cm³/mol. The van der Waals surface area contributed by atoms with Crippen molar-refractivity contribution in [2.24, 2.45) is 11.7 Å². The zero-order valence-corrected chi connectivity index (χ0v) is 14.4. The largest absolute Gasteiger partial charge is 0.353 e. The van der Waals surface area contributed by atoms with E-state index >= 15 is 0 Å². The van der Waals surface area contributed by atoms with E-state index in [4.69, 9.17) is 5.73 Å². The number of amides is 2. The van der Waals surface area contributed by atoms with Crippen LogP contribution in [-0.2, 0) is 9.59 Å². The molecule has 3 N–H and O–H groups in total. The summed E-state index contributed by atoms with van der Waals surface area (Å²) >= 11 is 0. The van der Waals surface area contributed by atoms with Crippen LogP contribution in [0.2, 0.25) is 0 Å². The van der Waals surface area contributed by atoms with Crippen LogP contribution in [0.25, 0.3) is 0 Å². The molecule has 0 aromatic heterocycles. The maximum absolute atomic E-state index is 12.0. The SMILES string of the molecule is CC[C@@H](CCCC(N)CC(=O)N1CCCC1)NC(=O)C(C)C. The minimum Gasteiger partial charge on any atom is -0.353 e. The van der Waals surface area contributed by atoms with Crippen molar-refractivity contribution in [2.75, 3.05) is 13.1 Å². The van der Waals surface area contributed by atoms with Gasteiger partial charge in [0, 0.05) is 37.5 Å². The topological polar surface area (TPSA) is 75.4 Å². The highest BCUT2D eigenvalue weighted by Gasteiger charge is 2.20. The Morgan fingerprint density at radius 3 is 2.36 bits per heavy atom. The molecule has 5 heteroatoms. The monoisotopic (exact) mass is 311 g/mol. The van der Waals surface area contributed by atoms with Gasteiger partial charge in [-0.15, -0.1) is 0 Å². The molecule has 0 spiro atoms. The molecule has 2 atom stereocenters. The molecule has 1 unspecified atom stereocenters. The molecule has 22 heavy (non-hydrogen) atoms. The van der Waals surface area contributed by atoms with Crippen LogP contribution in [0.15, 0.2) is 0 Å². The van der Waals surface area contributed by atoms with Crippen molar-refractivity contribution in [3.8, 4) is 0 Å². The van der Waals surface area contributed by atoms with Crippen molar-refractivity contribution in [3.63, 3.8) is 0 Å². The molecule has 0 aromatic rings. The van der Waals surface area contributed by atoms with E-state index in [-0.39, 0.29) is 29.8 Å². The number of nitrogens with one attached hydrogen (secondary N) is 1. The number of rotatable bonds is 9. The van der Waals surface area contributed by atoms with Crippen molar-refractivity contribution >= 4 is 11.8 Å². The fourth-order valence-electron chi connectivity index (χ4n) is 2.79. The number of hydrogen-bond donors (Lipinski definition) is 2. The van der Waals surface area contributed by atoms with Crippen LogP contribution in [0.3, 0.4) is 0 Å². The highest BCUT2D eigenvalue weighted by Crippen LogP contribution is 2.13. The molecule has 0 bridgehead atoms. The summed E-state index contributed by atoms with van der Waals surface area (Å²) in [6.45, 7) is 7.68. The fourth-order valence-corrected chi connectivity index (χ4v) is 2.79. The third-order valence-corrected chi connectivity index (χ3v) is 4.39. The van der Waals surface area contributed by atoms with Gasteiger partial charge >= 0.3 is 0 Å². The van der Waals surface area contributed by atoms with E-state index in [1.54, 1.807) is 0 Å². The molecule has 5 nitrogen and oxygen atoms in total. The maximum Gasteiger partial charge on any atom is 0.224 e. The van der Waals surface area contributed by atoms with Crippen LogP contribution in [-0.4, -0.2) is 41.9 Å². The van der Waals surface area contributed by atoms with E-state index < -0.39 is 0 Å². The lowest BCUT2D eigenvalue weighted by Crippen LogP contribution is -2.37. The first-order chi connectivity index (χ1) is 10.4. The summed E-state index contributed by atoms with van der Waals surface area (Å²) in [6.07, 6.45) is 6.35. The molecule has 0 saturated carbocycles. The molecule has 0 radical (unpaired) electrons. The van der Waals surface area contributed by atoms with Crippen LogP contribution < -0.4 is 11.1 Å².